The fourth-order valence-electron chi connectivity index (χ4n) is 2.45. The van der Waals surface area contributed by atoms with E-state index in [1.807, 2.05) is 4.57 Å². The summed E-state index contributed by atoms with van der Waals surface area (Å²) in [7, 11) is 0. The molecular formula is C15H12N4O3S. The van der Waals surface area contributed by atoms with Gasteiger partial charge in [-0.15, -0.1) is 10.2 Å². The van der Waals surface area contributed by atoms with E-state index >= 15 is 0 Å². The van der Waals surface area contributed by atoms with Gasteiger partial charge in [0.2, 0.25) is 5.95 Å². The predicted molar refractivity (Wildman–Crippen MR) is 85.8 cm³/mol. The highest BCUT2D eigenvalue weighted by Gasteiger charge is 2.20. The van der Waals surface area contributed by atoms with Crippen molar-refractivity contribution < 1.29 is 9.21 Å². The van der Waals surface area contributed by atoms with Gasteiger partial charge in [0.15, 0.2) is 16.3 Å². The fraction of sp³-hybridized carbons (Fsp3) is 0.200. The van der Waals surface area contributed by atoms with Crippen LogP contribution in [0.25, 0.3) is 11.0 Å². The predicted octanol–water partition coefficient (Wildman–Crippen LogP) is 2.13. The van der Waals surface area contributed by atoms with Crippen LogP contribution in [-0.2, 0) is 6.54 Å². The summed E-state index contributed by atoms with van der Waals surface area (Å²) in [5.41, 5.74) is 0.125. The van der Waals surface area contributed by atoms with Crippen molar-refractivity contribution >= 4 is 34.6 Å². The lowest BCUT2D eigenvalue weighted by Crippen LogP contribution is -2.19. The Labute approximate surface area is 134 Å². The maximum Gasteiger partial charge on any atom is 0.293 e. The molecule has 0 saturated heterocycles. The Morgan fingerprint density at radius 1 is 1.30 bits per heavy atom. The third-order valence-electron chi connectivity index (χ3n) is 3.56. The van der Waals surface area contributed by atoms with Crippen LogP contribution >= 0.6 is 11.8 Å². The van der Waals surface area contributed by atoms with Crippen LogP contribution in [0.5, 0.6) is 0 Å². The molecule has 8 heteroatoms. The minimum atomic E-state index is -0.515. The third-order valence-corrected chi connectivity index (χ3v) is 4.61. The van der Waals surface area contributed by atoms with Crippen LogP contribution in [-0.4, -0.2) is 26.4 Å². The number of hydrogen-bond donors (Lipinski definition) is 1. The number of aromatic nitrogens is 3. The van der Waals surface area contributed by atoms with E-state index in [4.69, 9.17) is 4.42 Å². The number of anilines is 1. The number of carbonyl (C=O) groups is 1. The normalized spacial score (nSPS) is 13.7. The van der Waals surface area contributed by atoms with E-state index in [1.54, 1.807) is 36.0 Å². The van der Waals surface area contributed by atoms with Gasteiger partial charge in [-0.05, 0) is 18.6 Å². The van der Waals surface area contributed by atoms with Crippen LogP contribution in [0.1, 0.15) is 17.0 Å². The van der Waals surface area contributed by atoms with Gasteiger partial charge in [-0.25, -0.2) is 0 Å². The summed E-state index contributed by atoms with van der Waals surface area (Å²) in [4.78, 5) is 24.4. The van der Waals surface area contributed by atoms with Crippen molar-refractivity contribution in [2.75, 3.05) is 11.1 Å². The number of benzene rings is 1. The lowest BCUT2D eigenvalue weighted by Gasteiger charge is -2.14. The number of nitrogens with zero attached hydrogens (tertiary/aromatic N) is 3. The number of carbonyl (C=O) groups excluding carboxylic acids is 1. The lowest BCUT2D eigenvalue weighted by atomic mass is 10.2. The zero-order chi connectivity index (χ0) is 15.8. The van der Waals surface area contributed by atoms with Crippen molar-refractivity contribution in [3.63, 3.8) is 0 Å². The number of amides is 1. The smallest absolute Gasteiger partial charge is 0.293 e. The van der Waals surface area contributed by atoms with E-state index in [9.17, 15) is 9.59 Å². The van der Waals surface area contributed by atoms with Gasteiger partial charge in [-0.3, -0.25) is 19.5 Å². The molecule has 2 aromatic heterocycles. The second-order valence-electron chi connectivity index (χ2n) is 5.09. The average molecular weight is 328 g/mol. The number of nitrogens with one attached hydrogen (secondary N) is 1. The zero-order valence-electron chi connectivity index (χ0n) is 12.0. The molecule has 116 valence electrons. The Morgan fingerprint density at radius 3 is 3.09 bits per heavy atom. The molecule has 0 radical (unpaired) electrons. The number of fused-ring (bicyclic) bond motifs is 2. The number of rotatable bonds is 2. The van der Waals surface area contributed by atoms with E-state index in [0.29, 0.717) is 16.9 Å². The molecule has 4 rings (SSSR count). The maximum atomic E-state index is 12.4. The second-order valence-corrected chi connectivity index (χ2v) is 6.15. The summed E-state index contributed by atoms with van der Waals surface area (Å²) in [5.74, 6) is 0.798. The minimum absolute atomic E-state index is 0.0467. The number of thioether (sulfide) groups is 1. The molecule has 1 aliphatic heterocycles. The van der Waals surface area contributed by atoms with Crippen molar-refractivity contribution in [1.82, 2.24) is 14.8 Å². The van der Waals surface area contributed by atoms with Gasteiger partial charge in [0.1, 0.15) is 5.58 Å². The molecule has 0 bridgehead atoms. The molecule has 3 heterocycles. The Balaban J connectivity index is 1.67. The Kier molecular flexibility index (Phi) is 3.38. The Bertz CT molecular complexity index is 963. The van der Waals surface area contributed by atoms with Crippen molar-refractivity contribution in [1.29, 1.82) is 0 Å². The van der Waals surface area contributed by atoms with Gasteiger partial charge >= 0.3 is 0 Å². The average Bonchev–Trinajstić information content (AvgIpc) is 2.98. The van der Waals surface area contributed by atoms with Crippen molar-refractivity contribution in [3.8, 4) is 0 Å². The standard InChI is InChI=1S/C15H12N4O3S/c20-10-8-12(22-11-5-2-1-4-9(10)11)13(21)16-14-17-18-15-19(14)6-3-7-23-15/h1-2,4-5,8H,3,6-7H2,(H,16,17,21). The molecule has 0 fully saturated rings. The van der Waals surface area contributed by atoms with E-state index < -0.39 is 5.91 Å². The summed E-state index contributed by atoms with van der Waals surface area (Å²) in [6.07, 6.45) is 0.990. The Morgan fingerprint density at radius 2 is 2.17 bits per heavy atom. The molecule has 1 aliphatic rings. The van der Waals surface area contributed by atoms with Gasteiger partial charge in [0.25, 0.3) is 5.91 Å². The third kappa shape index (κ3) is 2.50. The molecule has 1 aromatic carbocycles. The number of hydrogen-bond acceptors (Lipinski definition) is 6. The van der Waals surface area contributed by atoms with Crippen LogP contribution in [0.3, 0.4) is 0 Å². The summed E-state index contributed by atoms with van der Waals surface area (Å²) in [5, 5.41) is 11.9. The van der Waals surface area contributed by atoms with Crippen molar-refractivity contribution in [3.05, 3.63) is 46.3 Å². The maximum absolute atomic E-state index is 12.4. The van der Waals surface area contributed by atoms with E-state index in [1.165, 1.54) is 6.07 Å². The zero-order valence-corrected chi connectivity index (χ0v) is 12.8. The number of para-hydroxylation sites is 1. The second kappa shape index (κ2) is 5.54. The molecule has 23 heavy (non-hydrogen) atoms. The van der Waals surface area contributed by atoms with Crippen molar-refractivity contribution in [2.24, 2.45) is 0 Å². The Hall–Kier alpha value is -2.61. The van der Waals surface area contributed by atoms with Crippen LogP contribution in [0.4, 0.5) is 5.95 Å². The van der Waals surface area contributed by atoms with Gasteiger partial charge < -0.3 is 4.42 Å². The van der Waals surface area contributed by atoms with Crippen LogP contribution < -0.4 is 10.7 Å². The molecule has 7 nitrogen and oxygen atoms in total. The first-order valence-electron chi connectivity index (χ1n) is 7.12. The molecule has 0 unspecified atom stereocenters. The molecule has 0 saturated carbocycles. The summed E-state index contributed by atoms with van der Waals surface area (Å²) in [6.45, 7) is 0.757. The highest BCUT2D eigenvalue weighted by Crippen LogP contribution is 2.25. The highest BCUT2D eigenvalue weighted by atomic mass is 32.2. The highest BCUT2D eigenvalue weighted by molar-refractivity contribution is 7.99. The molecule has 1 amide bonds. The SMILES string of the molecule is O=C(Nc1nnc2n1CCCS2)c1cc(=O)c2ccccc2o1. The fourth-order valence-corrected chi connectivity index (χ4v) is 3.34. The molecule has 0 aliphatic carbocycles. The van der Waals surface area contributed by atoms with Gasteiger partial charge in [0, 0.05) is 18.4 Å². The molecule has 1 N–H and O–H groups in total. The van der Waals surface area contributed by atoms with Crippen LogP contribution in [0.15, 0.2) is 44.7 Å². The molecule has 0 atom stereocenters. The summed E-state index contributed by atoms with van der Waals surface area (Å²) >= 11 is 1.60. The minimum Gasteiger partial charge on any atom is -0.451 e. The van der Waals surface area contributed by atoms with E-state index in [2.05, 4.69) is 15.5 Å². The topological polar surface area (TPSA) is 90.0 Å². The first kappa shape index (κ1) is 14.0. The van der Waals surface area contributed by atoms with Gasteiger partial charge in [-0.2, -0.15) is 0 Å². The summed E-state index contributed by atoms with van der Waals surface area (Å²) < 4.78 is 7.37. The van der Waals surface area contributed by atoms with Crippen LogP contribution in [0, 0.1) is 0 Å². The first-order chi connectivity index (χ1) is 11.2. The first-order valence-corrected chi connectivity index (χ1v) is 8.11. The quantitative estimate of drug-likeness (QED) is 0.775. The molecule has 3 aromatic rings. The molecular weight excluding hydrogens is 316 g/mol. The van der Waals surface area contributed by atoms with Gasteiger partial charge in [-0.1, -0.05) is 23.9 Å². The van der Waals surface area contributed by atoms with Crippen LogP contribution in [0.2, 0.25) is 0 Å². The summed E-state index contributed by atoms with van der Waals surface area (Å²) in [6, 6.07) is 8.01. The lowest BCUT2D eigenvalue weighted by molar-refractivity contribution is 0.0995. The van der Waals surface area contributed by atoms with Crippen molar-refractivity contribution in [2.45, 2.75) is 18.1 Å². The van der Waals surface area contributed by atoms with Gasteiger partial charge in [0.05, 0.1) is 5.39 Å². The molecule has 0 spiro atoms. The monoisotopic (exact) mass is 328 g/mol. The van der Waals surface area contributed by atoms with E-state index in [-0.39, 0.29) is 11.2 Å². The van der Waals surface area contributed by atoms with E-state index in [0.717, 1.165) is 23.9 Å². The largest absolute Gasteiger partial charge is 0.451 e.